The van der Waals surface area contributed by atoms with E-state index < -0.39 is 0 Å². The SMILES string of the molecule is C=Cc1cc(N(Cc2ccc(-c3ccc(N(c4ccccc4)c4cc5ccccc5c5ccccc45)cc3)cc2)c2ccccc2)c(C=C)c(C)c1/C=C\C. The zero-order chi connectivity index (χ0) is 37.7. The summed E-state index contributed by atoms with van der Waals surface area (Å²) in [5.74, 6) is 0. The highest BCUT2D eigenvalue weighted by Crippen LogP contribution is 2.42. The average Bonchev–Trinajstić information content (AvgIpc) is 3.25. The van der Waals surface area contributed by atoms with Gasteiger partial charge in [-0.2, -0.15) is 0 Å². The first kappa shape index (κ1) is 35.1. The fraction of sp³-hybridized carbons (Fsp3) is 0.0566. The topological polar surface area (TPSA) is 6.48 Å². The van der Waals surface area contributed by atoms with Crippen LogP contribution in [0.1, 0.15) is 34.7 Å². The van der Waals surface area contributed by atoms with Gasteiger partial charge in [-0.3, -0.25) is 0 Å². The van der Waals surface area contributed by atoms with E-state index in [0.29, 0.717) is 6.54 Å². The number of fused-ring (bicyclic) bond motifs is 3. The molecule has 8 aromatic carbocycles. The molecule has 2 nitrogen and oxygen atoms in total. The molecule has 0 aliphatic rings. The molecule has 8 aromatic rings. The summed E-state index contributed by atoms with van der Waals surface area (Å²) in [7, 11) is 0. The van der Waals surface area contributed by atoms with E-state index in [1.165, 1.54) is 49.4 Å². The lowest BCUT2D eigenvalue weighted by Gasteiger charge is -2.29. The van der Waals surface area contributed by atoms with E-state index in [4.69, 9.17) is 0 Å². The molecule has 0 N–H and O–H groups in total. The molecule has 0 heterocycles. The Kier molecular flexibility index (Phi) is 9.97. The molecule has 8 rings (SSSR count). The van der Waals surface area contributed by atoms with Gasteiger partial charge >= 0.3 is 0 Å². The summed E-state index contributed by atoms with van der Waals surface area (Å²) < 4.78 is 0. The van der Waals surface area contributed by atoms with Gasteiger partial charge in [-0.1, -0.05) is 159 Å². The van der Waals surface area contributed by atoms with Gasteiger partial charge < -0.3 is 9.80 Å². The normalized spacial score (nSPS) is 11.2. The Labute approximate surface area is 325 Å². The molecule has 0 aliphatic carbocycles. The Morgan fingerprint density at radius 1 is 0.509 bits per heavy atom. The molecule has 0 amide bonds. The fourth-order valence-corrected chi connectivity index (χ4v) is 7.83. The van der Waals surface area contributed by atoms with Gasteiger partial charge in [-0.05, 0) is 112 Å². The molecule has 55 heavy (non-hydrogen) atoms. The third-order valence-corrected chi connectivity index (χ3v) is 10.6. The van der Waals surface area contributed by atoms with Gasteiger partial charge in [0, 0.05) is 40.2 Å². The lowest BCUT2D eigenvalue weighted by molar-refractivity contribution is 0.972. The lowest BCUT2D eigenvalue weighted by atomic mass is 9.93. The minimum Gasteiger partial charge on any atom is -0.336 e. The van der Waals surface area contributed by atoms with Crippen molar-refractivity contribution in [3.63, 3.8) is 0 Å². The van der Waals surface area contributed by atoms with E-state index in [-0.39, 0.29) is 0 Å². The Morgan fingerprint density at radius 2 is 1.07 bits per heavy atom. The van der Waals surface area contributed by atoms with Gasteiger partial charge in [-0.15, -0.1) is 0 Å². The Balaban J connectivity index is 1.14. The van der Waals surface area contributed by atoms with Crippen LogP contribution in [0, 0.1) is 6.92 Å². The van der Waals surface area contributed by atoms with Crippen LogP contribution in [0.25, 0.3) is 50.9 Å². The number of hydrogen-bond acceptors (Lipinski definition) is 2. The molecule has 0 saturated heterocycles. The van der Waals surface area contributed by atoms with Crippen molar-refractivity contribution in [3.8, 4) is 11.1 Å². The number of allylic oxidation sites excluding steroid dienone is 1. The molecular weight excluding hydrogens is 665 g/mol. The van der Waals surface area contributed by atoms with Gasteiger partial charge in [0.1, 0.15) is 0 Å². The van der Waals surface area contributed by atoms with Crippen molar-refractivity contribution in [2.24, 2.45) is 0 Å². The predicted octanol–water partition coefficient (Wildman–Crippen LogP) is 15.1. The van der Waals surface area contributed by atoms with Crippen molar-refractivity contribution in [1.82, 2.24) is 0 Å². The molecule has 0 aromatic heterocycles. The number of para-hydroxylation sites is 2. The second-order valence-corrected chi connectivity index (χ2v) is 13.8. The van der Waals surface area contributed by atoms with Crippen LogP contribution in [0.5, 0.6) is 0 Å². The third-order valence-electron chi connectivity index (χ3n) is 10.6. The van der Waals surface area contributed by atoms with Crippen molar-refractivity contribution >= 4 is 68.2 Å². The summed E-state index contributed by atoms with van der Waals surface area (Å²) in [5, 5.41) is 4.96. The summed E-state index contributed by atoms with van der Waals surface area (Å²) in [6, 6.07) is 61.2. The number of benzene rings is 8. The number of anilines is 5. The molecule has 266 valence electrons. The maximum atomic E-state index is 4.23. The summed E-state index contributed by atoms with van der Waals surface area (Å²) in [6.45, 7) is 13.3. The van der Waals surface area contributed by atoms with Crippen LogP contribution in [0.2, 0.25) is 0 Å². The van der Waals surface area contributed by atoms with E-state index >= 15 is 0 Å². The highest BCUT2D eigenvalue weighted by molar-refractivity contribution is 6.14. The largest absolute Gasteiger partial charge is 0.336 e. The second kappa shape index (κ2) is 15.6. The monoisotopic (exact) mass is 708 g/mol. The van der Waals surface area contributed by atoms with Crippen LogP contribution in [-0.4, -0.2) is 0 Å². The number of nitrogens with zero attached hydrogens (tertiary/aromatic N) is 2. The lowest BCUT2D eigenvalue weighted by Crippen LogP contribution is -2.18. The predicted molar refractivity (Wildman–Crippen MR) is 240 cm³/mol. The molecule has 0 unspecified atom stereocenters. The van der Waals surface area contributed by atoms with Gasteiger partial charge in [-0.25, -0.2) is 0 Å². The zero-order valence-electron chi connectivity index (χ0n) is 31.5. The van der Waals surface area contributed by atoms with E-state index in [0.717, 1.165) is 39.6 Å². The highest BCUT2D eigenvalue weighted by atomic mass is 15.1. The van der Waals surface area contributed by atoms with Crippen LogP contribution in [0.15, 0.2) is 189 Å². The maximum Gasteiger partial charge on any atom is 0.0546 e. The van der Waals surface area contributed by atoms with E-state index in [9.17, 15) is 0 Å². The first-order valence-corrected chi connectivity index (χ1v) is 18.9. The standard InChI is InChI=1S/C53H44N2/c1-5-18-48-38(4)47(7-3)52(35-40(48)6-2)54(44-20-10-8-11-21-44)37-39-27-29-41(30-28-39)42-31-33-46(34-32-42)55(45-22-12-9-13-23-45)53-36-43-19-14-15-24-49(43)50-25-16-17-26-51(50)53/h5-36H,2-3,37H2,1,4H3/b18-5-. The highest BCUT2D eigenvalue weighted by Gasteiger charge is 2.19. The van der Waals surface area contributed by atoms with Gasteiger partial charge in [0.2, 0.25) is 0 Å². The molecule has 0 atom stereocenters. The van der Waals surface area contributed by atoms with Gasteiger partial charge in [0.05, 0.1) is 5.69 Å². The van der Waals surface area contributed by atoms with E-state index in [2.05, 4.69) is 219 Å². The van der Waals surface area contributed by atoms with Crippen molar-refractivity contribution < 1.29 is 0 Å². The van der Waals surface area contributed by atoms with Gasteiger partial charge in [0.25, 0.3) is 0 Å². The molecule has 0 fully saturated rings. The number of hydrogen-bond donors (Lipinski definition) is 0. The third kappa shape index (κ3) is 6.87. The van der Waals surface area contributed by atoms with Crippen LogP contribution < -0.4 is 9.80 Å². The zero-order valence-corrected chi connectivity index (χ0v) is 31.5. The Bertz CT molecular complexity index is 2650. The summed E-state index contributed by atoms with van der Waals surface area (Å²) in [4.78, 5) is 4.76. The van der Waals surface area contributed by atoms with Crippen LogP contribution in [0.3, 0.4) is 0 Å². The molecular formula is C53H44N2. The van der Waals surface area contributed by atoms with Crippen LogP contribution >= 0.6 is 0 Å². The summed E-state index contributed by atoms with van der Waals surface area (Å²) >= 11 is 0. The van der Waals surface area contributed by atoms with E-state index in [1.807, 2.05) is 12.2 Å². The van der Waals surface area contributed by atoms with Gasteiger partial charge in [0.15, 0.2) is 0 Å². The van der Waals surface area contributed by atoms with Crippen molar-refractivity contribution in [3.05, 3.63) is 217 Å². The maximum absolute atomic E-state index is 4.23. The summed E-state index contributed by atoms with van der Waals surface area (Å²) in [5.41, 5.74) is 13.8. The summed E-state index contributed by atoms with van der Waals surface area (Å²) in [6.07, 6.45) is 8.17. The molecule has 0 radical (unpaired) electrons. The molecule has 0 aliphatic heterocycles. The average molecular weight is 709 g/mol. The molecule has 0 bridgehead atoms. The molecule has 2 heteroatoms. The quantitative estimate of drug-likeness (QED) is 0.123. The first-order valence-electron chi connectivity index (χ1n) is 18.9. The van der Waals surface area contributed by atoms with Crippen molar-refractivity contribution in [2.45, 2.75) is 20.4 Å². The Hall–Kier alpha value is -6.90. The smallest absolute Gasteiger partial charge is 0.0546 e. The fourth-order valence-electron chi connectivity index (χ4n) is 7.83. The van der Waals surface area contributed by atoms with Crippen molar-refractivity contribution in [2.75, 3.05) is 9.80 Å². The Morgan fingerprint density at radius 3 is 1.71 bits per heavy atom. The van der Waals surface area contributed by atoms with E-state index in [1.54, 1.807) is 0 Å². The van der Waals surface area contributed by atoms with Crippen molar-refractivity contribution in [1.29, 1.82) is 0 Å². The molecule has 0 saturated carbocycles. The van der Waals surface area contributed by atoms with Crippen LogP contribution in [0.4, 0.5) is 28.4 Å². The number of rotatable bonds is 11. The second-order valence-electron chi connectivity index (χ2n) is 13.8. The minimum absolute atomic E-state index is 0.703. The minimum atomic E-state index is 0.703. The van der Waals surface area contributed by atoms with Crippen LogP contribution in [-0.2, 0) is 6.54 Å². The molecule has 0 spiro atoms. The first-order chi connectivity index (χ1) is 27.1.